The monoisotopic (exact) mass is 296 g/mol. The summed E-state index contributed by atoms with van der Waals surface area (Å²) in [5.74, 6) is -0.869. The van der Waals surface area contributed by atoms with Crippen LogP contribution in [0.4, 0.5) is 0 Å². The van der Waals surface area contributed by atoms with E-state index in [0.29, 0.717) is 36.8 Å². The van der Waals surface area contributed by atoms with Crippen molar-refractivity contribution in [2.45, 2.75) is 13.0 Å². The lowest BCUT2D eigenvalue weighted by atomic mass is 10.1. The molecule has 0 aromatic heterocycles. The van der Waals surface area contributed by atoms with Gasteiger partial charge in [0.05, 0.1) is 0 Å². The first kappa shape index (κ1) is 14.8. The van der Waals surface area contributed by atoms with Crippen LogP contribution in [0.3, 0.4) is 0 Å². The number of hydrogen-bond acceptors (Lipinski definition) is 3. The highest BCUT2D eigenvalue weighted by Crippen LogP contribution is 2.14. The van der Waals surface area contributed by atoms with Gasteiger partial charge in [-0.15, -0.1) is 0 Å². The lowest BCUT2D eigenvalue weighted by Crippen LogP contribution is -2.53. The van der Waals surface area contributed by atoms with E-state index in [1.807, 2.05) is 4.90 Å². The van der Waals surface area contributed by atoms with Crippen LogP contribution in [0.25, 0.3) is 0 Å². The van der Waals surface area contributed by atoms with Gasteiger partial charge in [-0.2, -0.15) is 0 Å². The van der Waals surface area contributed by atoms with Gasteiger partial charge in [0.25, 0.3) is 5.91 Å². The fourth-order valence-corrected chi connectivity index (χ4v) is 2.37. The highest BCUT2D eigenvalue weighted by atomic mass is 35.5. The lowest BCUT2D eigenvalue weighted by Gasteiger charge is -2.36. The van der Waals surface area contributed by atoms with Gasteiger partial charge in [0.15, 0.2) is 0 Å². The fraction of sp³-hybridized carbons (Fsp3) is 0.429. The molecule has 1 saturated heterocycles. The molecular weight excluding hydrogens is 280 g/mol. The van der Waals surface area contributed by atoms with Crippen LogP contribution in [-0.2, 0) is 4.79 Å². The molecule has 1 aliphatic heterocycles. The van der Waals surface area contributed by atoms with Crippen molar-refractivity contribution < 1.29 is 14.7 Å². The van der Waals surface area contributed by atoms with Crippen molar-refractivity contribution >= 4 is 23.5 Å². The predicted octanol–water partition coefficient (Wildman–Crippen LogP) is 1.57. The SMILES string of the molecule is CC(C(=O)O)N1CCN(C(=O)c2ccc(Cl)cc2)CC1. The molecule has 0 radical (unpaired) electrons. The van der Waals surface area contributed by atoms with Gasteiger partial charge in [-0.3, -0.25) is 14.5 Å². The van der Waals surface area contributed by atoms with E-state index in [1.54, 1.807) is 36.1 Å². The average Bonchev–Trinajstić information content (AvgIpc) is 2.46. The molecule has 6 heteroatoms. The number of carboxylic acid groups (broad SMARTS) is 1. The number of halogens is 1. The molecule has 108 valence electrons. The summed E-state index contributed by atoms with van der Waals surface area (Å²) < 4.78 is 0. The molecule has 1 unspecified atom stereocenters. The molecule has 1 atom stereocenters. The number of carbonyl (C=O) groups excluding carboxylic acids is 1. The van der Waals surface area contributed by atoms with Gasteiger partial charge in [0, 0.05) is 36.8 Å². The summed E-state index contributed by atoms with van der Waals surface area (Å²) >= 11 is 5.80. The molecule has 2 rings (SSSR count). The molecule has 1 aromatic carbocycles. The summed E-state index contributed by atoms with van der Waals surface area (Å²) in [6.45, 7) is 3.90. The minimum atomic E-state index is -0.831. The van der Waals surface area contributed by atoms with Crippen LogP contribution in [0.1, 0.15) is 17.3 Å². The van der Waals surface area contributed by atoms with E-state index in [-0.39, 0.29) is 5.91 Å². The number of piperazine rings is 1. The number of carbonyl (C=O) groups is 2. The van der Waals surface area contributed by atoms with Crippen molar-refractivity contribution in [3.8, 4) is 0 Å². The van der Waals surface area contributed by atoms with Crippen LogP contribution in [0.5, 0.6) is 0 Å². The average molecular weight is 297 g/mol. The first-order chi connectivity index (χ1) is 9.49. The largest absolute Gasteiger partial charge is 0.480 e. The van der Waals surface area contributed by atoms with E-state index in [9.17, 15) is 9.59 Å². The number of hydrogen-bond donors (Lipinski definition) is 1. The number of benzene rings is 1. The maximum atomic E-state index is 12.3. The molecule has 0 bridgehead atoms. The van der Waals surface area contributed by atoms with E-state index in [4.69, 9.17) is 16.7 Å². The first-order valence-electron chi connectivity index (χ1n) is 6.50. The van der Waals surface area contributed by atoms with Crippen LogP contribution in [0.15, 0.2) is 24.3 Å². The topological polar surface area (TPSA) is 60.9 Å². The molecule has 5 nitrogen and oxygen atoms in total. The molecule has 1 amide bonds. The molecule has 0 aliphatic carbocycles. The summed E-state index contributed by atoms with van der Waals surface area (Å²) in [6, 6.07) is 6.28. The van der Waals surface area contributed by atoms with Gasteiger partial charge in [-0.25, -0.2) is 0 Å². The Morgan fingerprint density at radius 3 is 2.20 bits per heavy atom. The summed E-state index contributed by atoms with van der Waals surface area (Å²) in [6.07, 6.45) is 0. The first-order valence-corrected chi connectivity index (χ1v) is 6.88. The molecule has 1 aliphatic rings. The van der Waals surface area contributed by atoms with Crippen molar-refractivity contribution in [2.24, 2.45) is 0 Å². The Balaban J connectivity index is 1.95. The number of carboxylic acids is 1. The lowest BCUT2D eigenvalue weighted by molar-refractivity contribution is -0.143. The van der Waals surface area contributed by atoms with Gasteiger partial charge in [-0.05, 0) is 31.2 Å². The normalized spacial score (nSPS) is 17.8. The van der Waals surface area contributed by atoms with Crippen LogP contribution in [0.2, 0.25) is 5.02 Å². The van der Waals surface area contributed by atoms with Crippen molar-refractivity contribution in [3.05, 3.63) is 34.9 Å². The third-order valence-electron chi connectivity index (χ3n) is 3.60. The minimum absolute atomic E-state index is 0.0377. The van der Waals surface area contributed by atoms with Gasteiger partial charge < -0.3 is 10.0 Å². The minimum Gasteiger partial charge on any atom is -0.480 e. The second kappa shape index (κ2) is 6.24. The predicted molar refractivity (Wildman–Crippen MR) is 76.0 cm³/mol. The van der Waals surface area contributed by atoms with Crippen LogP contribution in [-0.4, -0.2) is 59.0 Å². The van der Waals surface area contributed by atoms with Crippen molar-refractivity contribution in [1.82, 2.24) is 9.80 Å². The molecule has 1 fully saturated rings. The summed E-state index contributed by atoms with van der Waals surface area (Å²) in [7, 11) is 0. The number of aliphatic carboxylic acids is 1. The van der Waals surface area contributed by atoms with E-state index in [0.717, 1.165) is 0 Å². The molecule has 0 saturated carbocycles. The summed E-state index contributed by atoms with van der Waals surface area (Å²) in [4.78, 5) is 26.8. The van der Waals surface area contributed by atoms with Gasteiger partial charge >= 0.3 is 5.97 Å². The van der Waals surface area contributed by atoms with E-state index in [2.05, 4.69) is 0 Å². The Labute approximate surface area is 122 Å². The third-order valence-corrected chi connectivity index (χ3v) is 3.85. The maximum absolute atomic E-state index is 12.3. The molecular formula is C14H17ClN2O3. The Bertz CT molecular complexity index is 496. The van der Waals surface area contributed by atoms with Crippen LogP contribution in [0, 0.1) is 0 Å². The fourth-order valence-electron chi connectivity index (χ4n) is 2.24. The summed E-state index contributed by atoms with van der Waals surface area (Å²) in [5, 5.41) is 9.58. The van der Waals surface area contributed by atoms with Gasteiger partial charge in [0.2, 0.25) is 0 Å². The van der Waals surface area contributed by atoms with Crippen molar-refractivity contribution in [1.29, 1.82) is 0 Å². The zero-order valence-electron chi connectivity index (χ0n) is 11.3. The van der Waals surface area contributed by atoms with E-state index in [1.165, 1.54) is 0 Å². The molecule has 1 aromatic rings. The number of nitrogens with zero attached hydrogens (tertiary/aromatic N) is 2. The van der Waals surface area contributed by atoms with Crippen molar-refractivity contribution in [2.75, 3.05) is 26.2 Å². The van der Waals surface area contributed by atoms with Crippen LogP contribution < -0.4 is 0 Å². The quantitative estimate of drug-likeness (QED) is 0.920. The number of amides is 1. The smallest absolute Gasteiger partial charge is 0.320 e. The van der Waals surface area contributed by atoms with Crippen LogP contribution >= 0.6 is 11.6 Å². The molecule has 20 heavy (non-hydrogen) atoms. The van der Waals surface area contributed by atoms with Crippen molar-refractivity contribution in [3.63, 3.8) is 0 Å². The molecule has 1 N–H and O–H groups in total. The molecule has 0 spiro atoms. The second-order valence-corrected chi connectivity index (χ2v) is 5.29. The standard InChI is InChI=1S/C14H17ClN2O3/c1-10(14(19)20)16-6-8-17(9-7-16)13(18)11-2-4-12(15)5-3-11/h2-5,10H,6-9H2,1H3,(H,19,20). The zero-order chi connectivity index (χ0) is 14.7. The number of rotatable bonds is 3. The maximum Gasteiger partial charge on any atom is 0.320 e. The Kier molecular flexibility index (Phi) is 4.62. The molecule has 1 heterocycles. The second-order valence-electron chi connectivity index (χ2n) is 4.85. The summed E-state index contributed by atoms with van der Waals surface area (Å²) in [5.41, 5.74) is 0.606. The van der Waals surface area contributed by atoms with Gasteiger partial charge in [0.1, 0.15) is 6.04 Å². The Morgan fingerprint density at radius 2 is 1.70 bits per heavy atom. The highest BCUT2D eigenvalue weighted by molar-refractivity contribution is 6.30. The highest BCUT2D eigenvalue weighted by Gasteiger charge is 2.27. The Morgan fingerprint density at radius 1 is 1.15 bits per heavy atom. The van der Waals surface area contributed by atoms with Gasteiger partial charge in [-0.1, -0.05) is 11.6 Å². The van der Waals surface area contributed by atoms with E-state index < -0.39 is 12.0 Å². The zero-order valence-corrected chi connectivity index (χ0v) is 12.0. The third kappa shape index (κ3) is 3.29. The Hall–Kier alpha value is -1.59. The van der Waals surface area contributed by atoms with E-state index >= 15 is 0 Å².